The molecule has 1 aliphatic carbocycles. The third-order valence-electron chi connectivity index (χ3n) is 5.95. The van der Waals surface area contributed by atoms with Crippen molar-refractivity contribution in [3.8, 4) is 0 Å². The number of fused-ring (bicyclic) bond motifs is 1. The molecule has 1 saturated heterocycles. The van der Waals surface area contributed by atoms with Gasteiger partial charge in [-0.1, -0.05) is 12.5 Å². The summed E-state index contributed by atoms with van der Waals surface area (Å²) in [5.74, 6) is 0.664. The van der Waals surface area contributed by atoms with E-state index in [9.17, 15) is 9.59 Å². The minimum atomic E-state index is 0.133. The standard InChI is InChI=1S/C21H28N4O2/c1-15(2)25-14-22-18-12-16(6-7-19(18)25)13-20(26)23-8-10-24(11-9-23)21(27)17-4-3-5-17/h6-7,12,14-15,17H,3-5,8-11,13H2,1-2H3. The molecule has 2 heterocycles. The summed E-state index contributed by atoms with van der Waals surface area (Å²) in [5.41, 5.74) is 3.03. The number of aromatic nitrogens is 2. The molecule has 1 aromatic carbocycles. The van der Waals surface area contributed by atoms with Crippen molar-refractivity contribution in [2.24, 2.45) is 5.92 Å². The Labute approximate surface area is 160 Å². The number of carbonyl (C=O) groups excluding carboxylic acids is 2. The zero-order valence-corrected chi connectivity index (χ0v) is 16.2. The van der Waals surface area contributed by atoms with Crippen LogP contribution in [0.3, 0.4) is 0 Å². The number of piperazine rings is 1. The highest BCUT2D eigenvalue weighted by molar-refractivity contribution is 5.83. The number of rotatable bonds is 4. The summed E-state index contributed by atoms with van der Waals surface area (Å²) in [4.78, 5) is 33.3. The van der Waals surface area contributed by atoms with Crippen molar-refractivity contribution in [1.29, 1.82) is 0 Å². The molecule has 27 heavy (non-hydrogen) atoms. The van der Waals surface area contributed by atoms with Crippen LogP contribution in [-0.4, -0.2) is 57.3 Å². The maximum atomic E-state index is 12.7. The zero-order chi connectivity index (χ0) is 19.0. The smallest absolute Gasteiger partial charge is 0.227 e. The first kappa shape index (κ1) is 18.0. The third-order valence-corrected chi connectivity index (χ3v) is 5.95. The lowest BCUT2D eigenvalue weighted by atomic mass is 9.84. The van der Waals surface area contributed by atoms with Gasteiger partial charge in [0.15, 0.2) is 0 Å². The molecule has 4 rings (SSSR count). The van der Waals surface area contributed by atoms with Crippen LogP contribution < -0.4 is 0 Å². The Morgan fingerprint density at radius 2 is 1.81 bits per heavy atom. The van der Waals surface area contributed by atoms with Gasteiger partial charge in [-0.3, -0.25) is 9.59 Å². The molecule has 6 heteroatoms. The SMILES string of the molecule is CC(C)n1cnc2cc(CC(=O)N3CCN(C(=O)C4CCC4)CC3)ccc21. The fourth-order valence-corrected chi connectivity index (χ4v) is 3.97. The Balaban J connectivity index is 1.35. The van der Waals surface area contributed by atoms with E-state index in [4.69, 9.17) is 0 Å². The second-order valence-electron chi connectivity index (χ2n) is 8.08. The van der Waals surface area contributed by atoms with E-state index in [1.54, 1.807) is 0 Å². The van der Waals surface area contributed by atoms with E-state index < -0.39 is 0 Å². The minimum Gasteiger partial charge on any atom is -0.339 e. The summed E-state index contributed by atoms with van der Waals surface area (Å²) in [6.45, 7) is 6.88. The summed E-state index contributed by atoms with van der Waals surface area (Å²) in [5, 5.41) is 0. The van der Waals surface area contributed by atoms with Crippen LogP contribution in [0.1, 0.15) is 44.7 Å². The highest BCUT2D eigenvalue weighted by Gasteiger charge is 2.31. The molecule has 1 saturated carbocycles. The average molecular weight is 368 g/mol. The zero-order valence-electron chi connectivity index (χ0n) is 16.2. The third kappa shape index (κ3) is 3.57. The molecule has 0 unspecified atom stereocenters. The van der Waals surface area contributed by atoms with Gasteiger partial charge in [0.05, 0.1) is 23.8 Å². The molecule has 0 spiro atoms. The van der Waals surface area contributed by atoms with Gasteiger partial charge in [-0.15, -0.1) is 0 Å². The van der Waals surface area contributed by atoms with Crippen molar-refractivity contribution in [1.82, 2.24) is 19.4 Å². The maximum Gasteiger partial charge on any atom is 0.227 e. The summed E-state index contributed by atoms with van der Waals surface area (Å²) >= 11 is 0. The van der Waals surface area contributed by atoms with Gasteiger partial charge in [0.2, 0.25) is 11.8 Å². The van der Waals surface area contributed by atoms with Gasteiger partial charge in [0, 0.05) is 38.1 Å². The van der Waals surface area contributed by atoms with Crippen LogP contribution in [0.5, 0.6) is 0 Å². The van der Waals surface area contributed by atoms with Crippen LogP contribution in [0.4, 0.5) is 0 Å². The fourth-order valence-electron chi connectivity index (χ4n) is 3.97. The van der Waals surface area contributed by atoms with Gasteiger partial charge in [-0.05, 0) is 44.4 Å². The molecule has 2 fully saturated rings. The summed E-state index contributed by atoms with van der Waals surface area (Å²) in [7, 11) is 0. The number of hydrogen-bond acceptors (Lipinski definition) is 3. The molecule has 2 amide bonds. The van der Waals surface area contributed by atoms with Crippen LogP contribution in [0, 0.1) is 5.92 Å². The van der Waals surface area contributed by atoms with Gasteiger partial charge in [0.1, 0.15) is 0 Å². The molecule has 6 nitrogen and oxygen atoms in total. The van der Waals surface area contributed by atoms with Crippen LogP contribution in [-0.2, 0) is 16.0 Å². The molecule has 2 aromatic rings. The van der Waals surface area contributed by atoms with E-state index >= 15 is 0 Å². The summed E-state index contributed by atoms with van der Waals surface area (Å²) in [6, 6.07) is 6.46. The summed E-state index contributed by atoms with van der Waals surface area (Å²) in [6.07, 6.45) is 5.50. The number of amides is 2. The van der Waals surface area contributed by atoms with Crippen molar-refractivity contribution in [3.63, 3.8) is 0 Å². The number of hydrogen-bond donors (Lipinski definition) is 0. The minimum absolute atomic E-state index is 0.133. The molecule has 1 aromatic heterocycles. The molecule has 0 atom stereocenters. The van der Waals surface area contributed by atoms with Gasteiger partial charge in [-0.2, -0.15) is 0 Å². The van der Waals surface area contributed by atoms with Crippen LogP contribution in [0.15, 0.2) is 24.5 Å². The average Bonchev–Trinajstić information content (AvgIpc) is 3.03. The lowest BCUT2D eigenvalue weighted by molar-refractivity contribution is -0.143. The highest BCUT2D eigenvalue weighted by Crippen LogP contribution is 2.28. The molecular weight excluding hydrogens is 340 g/mol. The number of imidazole rings is 1. The van der Waals surface area contributed by atoms with Crippen molar-refractivity contribution in [3.05, 3.63) is 30.1 Å². The number of benzene rings is 1. The topological polar surface area (TPSA) is 58.4 Å². The van der Waals surface area contributed by atoms with Crippen LogP contribution in [0.25, 0.3) is 11.0 Å². The Morgan fingerprint density at radius 3 is 2.44 bits per heavy atom. The van der Waals surface area contributed by atoms with Crippen LogP contribution in [0.2, 0.25) is 0 Å². The Kier molecular flexibility index (Phi) is 4.89. The van der Waals surface area contributed by atoms with Gasteiger partial charge in [0.25, 0.3) is 0 Å². The Hall–Kier alpha value is -2.37. The number of nitrogens with zero attached hydrogens (tertiary/aromatic N) is 4. The number of carbonyl (C=O) groups is 2. The second-order valence-corrected chi connectivity index (χ2v) is 8.08. The molecule has 144 valence electrons. The van der Waals surface area contributed by atoms with Crippen molar-refractivity contribution in [2.45, 2.75) is 45.6 Å². The first-order valence-corrected chi connectivity index (χ1v) is 10.0. The van der Waals surface area contributed by atoms with E-state index in [1.807, 2.05) is 28.3 Å². The first-order chi connectivity index (χ1) is 13.0. The lowest BCUT2D eigenvalue weighted by Gasteiger charge is -2.38. The second kappa shape index (κ2) is 7.33. The van der Waals surface area contributed by atoms with Crippen LogP contribution >= 0.6 is 0 Å². The van der Waals surface area contributed by atoms with Gasteiger partial charge >= 0.3 is 0 Å². The monoisotopic (exact) mass is 368 g/mol. The molecule has 2 aliphatic rings. The van der Waals surface area contributed by atoms with Crippen molar-refractivity contribution in [2.75, 3.05) is 26.2 Å². The van der Waals surface area contributed by atoms with E-state index in [0.29, 0.717) is 44.5 Å². The van der Waals surface area contributed by atoms with Crippen molar-refractivity contribution >= 4 is 22.8 Å². The van der Waals surface area contributed by atoms with E-state index in [0.717, 1.165) is 29.4 Å². The predicted octanol–water partition coefficient (Wildman–Crippen LogP) is 2.63. The van der Waals surface area contributed by atoms with Gasteiger partial charge in [-0.25, -0.2) is 4.98 Å². The molecule has 0 bridgehead atoms. The quantitative estimate of drug-likeness (QED) is 0.834. The molecular formula is C21H28N4O2. The predicted molar refractivity (Wildman–Crippen MR) is 104 cm³/mol. The molecule has 0 N–H and O–H groups in total. The first-order valence-electron chi connectivity index (χ1n) is 10.0. The van der Waals surface area contributed by atoms with E-state index in [2.05, 4.69) is 29.5 Å². The molecule has 0 radical (unpaired) electrons. The largest absolute Gasteiger partial charge is 0.339 e. The van der Waals surface area contributed by atoms with E-state index in [-0.39, 0.29) is 11.8 Å². The fraction of sp³-hybridized carbons (Fsp3) is 0.571. The highest BCUT2D eigenvalue weighted by atomic mass is 16.2. The summed E-state index contributed by atoms with van der Waals surface area (Å²) < 4.78 is 2.14. The normalized spacial score (nSPS) is 18.2. The lowest BCUT2D eigenvalue weighted by Crippen LogP contribution is -2.52. The maximum absolute atomic E-state index is 12.7. The van der Waals surface area contributed by atoms with E-state index in [1.165, 1.54) is 6.42 Å². The van der Waals surface area contributed by atoms with Gasteiger partial charge < -0.3 is 14.4 Å². The van der Waals surface area contributed by atoms with Crippen molar-refractivity contribution < 1.29 is 9.59 Å². The molecule has 1 aliphatic heterocycles. The Morgan fingerprint density at radius 1 is 1.11 bits per heavy atom. The Bertz CT molecular complexity index is 845.